The highest BCUT2D eigenvalue weighted by Crippen LogP contribution is 2.29. The number of nitrogens with two attached hydrogens (primary N) is 1. The van der Waals surface area contributed by atoms with Crippen LogP contribution in [0.15, 0.2) is 34.8 Å². The zero-order valence-corrected chi connectivity index (χ0v) is 11.1. The summed E-state index contributed by atoms with van der Waals surface area (Å²) >= 11 is 3.24. The van der Waals surface area contributed by atoms with E-state index in [1.54, 1.807) is 12.1 Å². The second-order valence-corrected chi connectivity index (χ2v) is 4.34. The molecule has 1 aromatic heterocycles. The van der Waals surface area contributed by atoms with Gasteiger partial charge >= 0.3 is 0 Å². The van der Waals surface area contributed by atoms with Crippen molar-refractivity contribution in [2.24, 2.45) is 0 Å². The Morgan fingerprint density at radius 2 is 2.06 bits per heavy atom. The Morgan fingerprint density at radius 3 is 2.78 bits per heavy atom. The van der Waals surface area contributed by atoms with Gasteiger partial charge in [0, 0.05) is 10.5 Å². The van der Waals surface area contributed by atoms with Gasteiger partial charge in [-0.2, -0.15) is 4.98 Å². The molecule has 94 valence electrons. The van der Waals surface area contributed by atoms with Crippen molar-refractivity contribution in [3.8, 4) is 17.5 Å². The minimum absolute atomic E-state index is 0.0729. The maximum absolute atomic E-state index is 13.5. The predicted octanol–water partition coefficient (Wildman–Crippen LogP) is 3.37. The van der Waals surface area contributed by atoms with Crippen molar-refractivity contribution in [3.63, 3.8) is 0 Å². The molecule has 0 saturated carbocycles. The van der Waals surface area contributed by atoms with Crippen molar-refractivity contribution in [1.29, 1.82) is 0 Å². The molecule has 0 unspecified atom stereocenters. The molecule has 4 nitrogen and oxygen atoms in total. The number of methoxy groups -OCH3 is 1. The molecule has 2 rings (SSSR count). The highest BCUT2D eigenvalue weighted by atomic mass is 79.9. The second kappa shape index (κ2) is 5.22. The maximum Gasteiger partial charge on any atom is 0.240 e. The van der Waals surface area contributed by atoms with Gasteiger partial charge in [0.05, 0.1) is 12.8 Å². The lowest BCUT2D eigenvalue weighted by Crippen LogP contribution is -1.97. The van der Waals surface area contributed by atoms with E-state index in [2.05, 4.69) is 20.9 Å². The molecule has 0 spiro atoms. The third-order valence-corrected chi connectivity index (χ3v) is 2.66. The zero-order valence-electron chi connectivity index (χ0n) is 9.48. The number of halogens is 2. The first-order valence-corrected chi connectivity index (χ1v) is 5.83. The molecule has 6 heteroatoms. The van der Waals surface area contributed by atoms with Crippen molar-refractivity contribution in [3.05, 3.63) is 40.6 Å². The standard InChI is InChI=1S/C12H10BrFN2O2/c1-17-12-9(15)4-5-11(16-12)18-10-6-7(13)2-3-8(10)14/h2-6H,15H2,1H3. The molecule has 1 aromatic carbocycles. The van der Waals surface area contributed by atoms with Gasteiger partial charge in [0.25, 0.3) is 0 Å². The Morgan fingerprint density at radius 1 is 1.28 bits per heavy atom. The van der Waals surface area contributed by atoms with Gasteiger partial charge in [0.15, 0.2) is 11.6 Å². The number of hydrogen-bond acceptors (Lipinski definition) is 4. The summed E-state index contributed by atoms with van der Waals surface area (Å²) in [5.74, 6) is 0.0421. The van der Waals surface area contributed by atoms with Crippen molar-refractivity contribution in [1.82, 2.24) is 4.98 Å². The first kappa shape index (κ1) is 12.6. The summed E-state index contributed by atoms with van der Waals surface area (Å²) in [4.78, 5) is 4.01. The number of ether oxygens (including phenoxy) is 2. The van der Waals surface area contributed by atoms with Gasteiger partial charge < -0.3 is 15.2 Å². The quantitative estimate of drug-likeness (QED) is 0.944. The van der Waals surface area contributed by atoms with E-state index in [4.69, 9.17) is 15.2 Å². The minimum atomic E-state index is -0.476. The Kier molecular flexibility index (Phi) is 3.66. The smallest absolute Gasteiger partial charge is 0.240 e. The Hall–Kier alpha value is -1.82. The third-order valence-electron chi connectivity index (χ3n) is 2.17. The molecule has 0 aliphatic heterocycles. The fraction of sp³-hybridized carbons (Fsp3) is 0.0833. The molecule has 0 bridgehead atoms. The number of anilines is 1. The Labute approximate surface area is 112 Å². The predicted molar refractivity (Wildman–Crippen MR) is 69.4 cm³/mol. The maximum atomic E-state index is 13.5. The molecule has 18 heavy (non-hydrogen) atoms. The van der Waals surface area contributed by atoms with Crippen LogP contribution >= 0.6 is 15.9 Å². The van der Waals surface area contributed by atoms with E-state index in [1.165, 1.54) is 25.3 Å². The number of benzene rings is 1. The van der Waals surface area contributed by atoms with Crippen LogP contribution in [0.25, 0.3) is 0 Å². The van der Waals surface area contributed by atoms with Crippen molar-refractivity contribution in [2.45, 2.75) is 0 Å². The summed E-state index contributed by atoms with van der Waals surface area (Å²) in [7, 11) is 1.45. The average Bonchev–Trinajstić information content (AvgIpc) is 2.36. The van der Waals surface area contributed by atoms with Gasteiger partial charge in [-0.05, 0) is 24.3 Å². The summed E-state index contributed by atoms with van der Waals surface area (Å²) in [5, 5.41) is 0. The lowest BCUT2D eigenvalue weighted by molar-refractivity contribution is 0.380. The van der Waals surface area contributed by atoms with Crippen LogP contribution in [-0.4, -0.2) is 12.1 Å². The van der Waals surface area contributed by atoms with Gasteiger partial charge in [0.1, 0.15) is 0 Å². The number of hydrogen-bond donors (Lipinski definition) is 1. The fourth-order valence-electron chi connectivity index (χ4n) is 1.32. The molecule has 0 atom stereocenters. The van der Waals surface area contributed by atoms with Crippen molar-refractivity contribution in [2.75, 3.05) is 12.8 Å². The lowest BCUT2D eigenvalue weighted by atomic mass is 10.3. The van der Waals surface area contributed by atoms with E-state index in [0.717, 1.165) is 0 Å². The van der Waals surface area contributed by atoms with E-state index in [9.17, 15) is 4.39 Å². The molecule has 0 aliphatic carbocycles. The number of rotatable bonds is 3. The van der Waals surface area contributed by atoms with Gasteiger partial charge in [-0.15, -0.1) is 0 Å². The molecular weight excluding hydrogens is 303 g/mol. The first-order valence-electron chi connectivity index (χ1n) is 5.03. The molecule has 0 aliphatic rings. The van der Waals surface area contributed by atoms with Crippen molar-refractivity contribution >= 4 is 21.6 Å². The molecule has 1 heterocycles. The van der Waals surface area contributed by atoms with E-state index in [1.807, 2.05) is 0 Å². The molecule has 2 N–H and O–H groups in total. The van der Waals surface area contributed by atoms with Crippen LogP contribution < -0.4 is 15.2 Å². The summed E-state index contributed by atoms with van der Waals surface area (Å²) in [5.41, 5.74) is 6.01. The summed E-state index contributed by atoms with van der Waals surface area (Å²) in [6, 6.07) is 7.52. The number of nitrogen functional groups attached to an aromatic ring is 1. The third kappa shape index (κ3) is 2.70. The normalized spacial score (nSPS) is 10.2. The van der Waals surface area contributed by atoms with Crippen LogP contribution in [0.2, 0.25) is 0 Å². The van der Waals surface area contributed by atoms with Gasteiger partial charge in [0.2, 0.25) is 11.8 Å². The summed E-state index contributed by atoms with van der Waals surface area (Å²) < 4.78 is 24.5. The topological polar surface area (TPSA) is 57.4 Å². The van der Waals surface area contributed by atoms with Crippen LogP contribution in [0, 0.1) is 5.82 Å². The van der Waals surface area contributed by atoms with Crippen LogP contribution in [0.4, 0.5) is 10.1 Å². The first-order chi connectivity index (χ1) is 8.60. The molecule has 2 aromatic rings. The second-order valence-electron chi connectivity index (χ2n) is 3.42. The summed E-state index contributed by atoms with van der Waals surface area (Å²) in [6.45, 7) is 0. The minimum Gasteiger partial charge on any atom is -0.479 e. The highest BCUT2D eigenvalue weighted by molar-refractivity contribution is 9.10. The highest BCUT2D eigenvalue weighted by Gasteiger charge is 2.08. The fourth-order valence-corrected chi connectivity index (χ4v) is 1.66. The average molecular weight is 313 g/mol. The lowest BCUT2D eigenvalue weighted by Gasteiger charge is -2.08. The molecular formula is C12H10BrFN2O2. The van der Waals surface area contributed by atoms with E-state index in [0.29, 0.717) is 10.2 Å². The van der Waals surface area contributed by atoms with Crippen LogP contribution in [0.3, 0.4) is 0 Å². The molecule has 0 amide bonds. The SMILES string of the molecule is COc1nc(Oc2cc(Br)ccc2F)ccc1N. The summed E-state index contributed by atoms with van der Waals surface area (Å²) in [6.07, 6.45) is 0. The van der Waals surface area contributed by atoms with Crippen LogP contribution in [-0.2, 0) is 0 Å². The van der Waals surface area contributed by atoms with E-state index < -0.39 is 5.82 Å². The van der Waals surface area contributed by atoms with Crippen molar-refractivity contribution < 1.29 is 13.9 Å². The van der Waals surface area contributed by atoms with Gasteiger partial charge in [-0.3, -0.25) is 0 Å². The molecule has 0 saturated heterocycles. The Balaban J connectivity index is 2.31. The largest absolute Gasteiger partial charge is 0.479 e. The molecule has 0 fully saturated rings. The number of nitrogens with zero attached hydrogens (tertiary/aromatic N) is 1. The number of aromatic nitrogens is 1. The van der Waals surface area contributed by atoms with Crippen LogP contribution in [0.5, 0.6) is 17.5 Å². The Bertz CT molecular complexity index is 578. The van der Waals surface area contributed by atoms with Crippen LogP contribution in [0.1, 0.15) is 0 Å². The van der Waals surface area contributed by atoms with Gasteiger partial charge in [-0.1, -0.05) is 15.9 Å². The molecule has 0 radical (unpaired) electrons. The monoisotopic (exact) mass is 312 g/mol. The zero-order chi connectivity index (χ0) is 13.1. The number of pyridine rings is 1. The van der Waals surface area contributed by atoms with E-state index in [-0.39, 0.29) is 17.5 Å². The van der Waals surface area contributed by atoms with E-state index >= 15 is 0 Å². The van der Waals surface area contributed by atoms with Gasteiger partial charge in [-0.25, -0.2) is 4.39 Å².